The van der Waals surface area contributed by atoms with Crippen LogP contribution in [-0.2, 0) is 6.18 Å². The average molecular weight is 358 g/mol. The first-order valence-electron chi connectivity index (χ1n) is 7.62. The number of nitrogens with one attached hydrogen (secondary N) is 2. The second kappa shape index (κ2) is 6.87. The van der Waals surface area contributed by atoms with Gasteiger partial charge >= 0.3 is 6.18 Å². The van der Waals surface area contributed by atoms with Crippen molar-refractivity contribution in [1.82, 2.24) is 4.98 Å². The molecular weight excluding hydrogens is 345 g/mol. The Morgan fingerprint density at radius 2 is 1.69 bits per heavy atom. The lowest BCUT2D eigenvalue weighted by Crippen LogP contribution is -2.24. The molecule has 0 radical (unpaired) electrons. The van der Waals surface area contributed by atoms with Crippen LogP contribution < -0.4 is 10.9 Å². The van der Waals surface area contributed by atoms with Gasteiger partial charge in [-0.15, -0.1) is 0 Å². The summed E-state index contributed by atoms with van der Waals surface area (Å²) < 4.78 is 38.4. The van der Waals surface area contributed by atoms with Crippen molar-refractivity contribution < 1.29 is 18.0 Å². The number of aromatic nitrogens is 1. The summed E-state index contributed by atoms with van der Waals surface area (Å²) in [5, 5.41) is 2.36. The molecule has 0 aliphatic rings. The molecular formula is C19H13F3N2O2. The second-order valence-corrected chi connectivity index (χ2v) is 5.49. The molecule has 0 bridgehead atoms. The normalized spacial score (nSPS) is 11.2. The summed E-state index contributed by atoms with van der Waals surface area (Å²) >= 11 is 0. The summed E-state index contributed by atoms with van der Waals surface area (Å²) in [6.45, 7) is 0. The van der Waals surface area contributed by atoms with E-state index in [0.29, 0.717) is 11.1 Å². The monoisotopic (exact) mass is 358 g/mol. The van der Waals surface area contributed by atoms with Gasteiger partial charge < -0.3 is 10.3 Å². The number of pyridine rings is 1. The van der Waals surface area contributed by atoms with Crippen molar-refractivity contribution >= 4 is 11.6 Å². The van der Waals surface area contributed by atoms with Gasteiger partial charge in [-0.05, 0) is 29.8 Å². The Morgan fingerprint density at radius 3 is 2.38 bits per heavy atom. The molecule has 1 heterocycles. The molecule has 0 spiro atoms. The smallest absolute Gasteiger partial charge is 0.328 e. The predicted molar refractivity (Wildman–Crippen MR) is 91.9 cm³/mol. The maximum atomic E-state index is 12.8. The van der Waals surface area contributed by atoms with Crippen molar-refractivity contribution in [2.45, 2.75) is 6.18 Å². The second-order valence-electron chi connectivity index (χ2n) is 5.49. The van der Waals surface area contributed by atoms with Gasteiger partial charge in [-0.1, -0.05) is 36.4 Å². The van der Waals surface area contributed by atoms with Crippen molar-refractivity contribution in [3.05, 3.63) is 88.3 Å². The fourth-order valence-electron chi connectivity index (χ4n) is 2.53. The number of halogens is 3. The molecule has 0 atom stereocenters. The van der Waals surface area contributed by atoms with E-state index in [0.717, 1.165) is 12.1 Å². The number of benzene rings is 2. The van der Waals surface area contributed by atoms with Crippen LogP contribution in [0.3, 0.4) is 0 Å². The van der Waals surface area contributed by atoms with E-state index in [1.54, 1.807) is 36.4 Å². The molecule has 0 aliphatic heterocycles. The van der Waals surface area contributed by atoms with Gasteiger partial charge in [0.2, 0.25) is 0 Å². The van der Waals surface area contributed by atoms with Crippen molar-refractivity contribution in [2.24, 2.45) is 0 Å². The first-order chi connectivity index (χ1) is 12.4. The van der Waals surface area contributed by atoms with Crippen molar-refractivity contribution in [1.29, 1.82) is 0 Å². The van der Waals surface area contributed by atoms with Crippen LogP contribution in [-0.4, -0.2) is 10.9 Å². The van der Waals surface area contributed by atoms with Gasteiger partial charge in [0, 0.05) is 17.4 Å². The number of carbonyl (C=O) groups is 1. The summed E-state index contributed by atoms with van der Waals surface area (Å²) in [4.78, 5) is 27.2. The van der Waals surface area contributed by atoms with Gasteiger partial charge in [0.05, 0.1) is 5.56 Å². The Hall–Kier alpha value is -3.35. The fraction of sp³-hybridized carbons (Fsp3) is 0.0526. The Labute approximate surface area is 146 Å². The molecule has 0 aliphatic carbocycles. The van der Waals surface area contributed by atoms with E-state index in [-0.39, 0.29) is 11.3 Å². The van der Waals surface area contributed by atoms with Crippen molar-refractivity contribution in [3.8, 4) is 11.1 Å². The number of H-pyrrole nitrogens is 1. The molecule has 7 heteroatoms. The minimum atomic E-state index is -4.53. The lowest BCUT2D eigenvalue weighted by Gasteiger charge is -2.11. The molecule has 3 rings (SSSR count). The highest BCUT2D eigenvalue weighted by atomic mass is 19.4. The van der Waals surface area contributed by atoms with E-state index in [1.165, 1.54) is 18.3 Å². The number of amides is 1. The number of alkyl halides is 3. The largest absolute Gasteiger partial charge is 0.416 e. The molecule has 1 aromatic heterocycles. The van der Waals surface area contributed by atoms with E-state index >= 15 is 0 Å². The van der Waals surface area contributed by atoms with Gasteiger partial charge in [-0.2, -0.15) is 13.2 Å². The Balaban J connectivity index is 1.98. The Morgan fingerprint density at radius 1 is 0.962 bits per heavy atom. The Bertz CT molecular complexity index is 995. The zero-order valence-corrected chi connectivity index (χ0v) is 13.3. The third-order valence-corrected chi connectivity index (χ3v) is 3.72. The zero-order chi connectivity index (χ0) is 18.7. The van der Waals surface area contributed by atoms with Crippen molar-refractivity contribution in [2.75, 3.05) is 5.32 Å². The van der Waals surface area contributed by atoms with Crippen LogP contribution in [0.4, 0.5) is 18.9 Å². The topological polar surface area (TPSA) is 62.0 Å². The summed E-state index contributed by atoms with van der Waals surface area (Å²) in [7, 11) is 0. The van der Waals surface area contributed by atoms with Crippen LogP contribution in [0.15, 0.2) is 71.7 Å². The van der Waals surface area contributed by atoms with E-state index < -0.39 is 23.2 Å². The number of aromatic amines is 1. The minimum Gasteiger partial charge on any atom is -0.328 e. The summed E-state index contributed by atoms with van der Waals surface area (Å²) in [6.07, 6.45) is -3.12. The Kier molecular flexibility index (Phi) is 4.62. The van der Waals surface area contributed by atoms with Gasteiger partial charge in [0.25, 0.3) is 11.5 Å². The lowest BCUT2D eigenvalue weighted by molar-refractivity contribution is -0.137. The third kappa shape index (κ3) is 3.66. The molecule has 132 valence electrons. The zero-order valence-electron chi connectivity index (χ0n) is 13.3. The van der Waals surface area contributed by atoms with Crippen LogP contribution in [0, 0.1) is 0 Å². The van der Waals surface area contributed by atoms with Gasteiger partial charge in [0.15, 0.2) is 0 Å². The predicted octanol–water partition coefficient (Wildman–Crippen LogP) is 4.31. The standard InChI is InChI=1S/C19H13F3N2O2/c20-19(21,22)13-7-4-8-14(11-13)24-18(26)16-15(9-10-23-17(16)25)12-5-2-1-3-6-12/h1-11H,(H,23,25)(H,24,26). The van der Waals surface area contributed by atoms with E-state index in [4.69, 9.17) is 0 Å². The summed E-state index contributed by atoms with van der Waals surface area (Å²) in [6, 6.07) is 14.6. The summed E-state index contributed by atoms with van der Waals surface area (Å²) in [5.74, 6) is -0.787. The van der Waals surface area contributed by atoms with Crippen LogP contribution in [0.25, 0.3) is 11.1 Å². The number of rotatable bonds is 3. The molecule has 3 aromatic rings. The number of hydrogen-bond acceptors (Lipinski definition) is 2. The minimum absolute atomic E-state index is 0.0490. The molecule has 0 fully saturated rings. The maximum absolute atomic E-state index is 12.8. The third-order valence-electron chi connectivity index (χ3n) is 3.72. The van der Waals surface area contributed by atoms with E-state index in [9.17, 15) is 22.8 Å². The average Bonchev–Trinajstić information content (AvgIpc) is 2.61. The molecule has 4 nitrogen and oxygen atoms in total. The maximum Gasteiger partial charge on any atom is 0.416 e. The van der Waals surface area contributed by atoms with Crippen LogP contribution in [0.5, 0.6) is 0 Å². The van der Waals surface area contributed by atoms with Crippen molar-refractivity contribution in [3.63, 3.8) is 0 Å². The van der Waals surface area contributed by atoms with Crippen LogP contribution in [0.2, 0.25) is 0 Å². The first kappa shape index (κ1) is 17.5. The molecule has 0 unspecified atom stereocenters. The lowest BCUT2D eigenvalue weighted by atomic mass is 10.0. The van der Waals surface area contributed by atoms with Crippen LogP contribution >= 0.6 is 0 Å². The molecule has 26 heavy (non-hydrogen) atoms. The van der Waals surface area contributed by atoms with Crippen LogP contribution in [0.1, 0.15) is 15.9 Å². The SMILES string of the molecule is O=C(Nc1cccc(C(F)(F)F)c1)c1c(-c2ccccc2)cc[nH]c1=O. The molecule has 1 amide bonds. The number of hydrogen-bond donors (Lipinski definition) is 2. The van der Waals surface area contributed by atoms with E-state index in [2.05, 4.69) is 10.3 Å². The number of carbonyl (C=O) groups excluding carboxylic acids is 1. The molecule has 2 N–H and O–H groups in total. The summed E-state index contributed by atoms with van der Waals surface area (Å²) in [5.41, 5.74) is -0.703. The quantitative estimate of drug-likeness (QED) is 0.733. The molecule has 0 saturated heterocycles. The molecule has 2 aromatic carbocycles. The number of anilines is 1. The van der Waals surface area contributed by atoms with Gasteiger partial charge in [-0.3, -0.25) is 9.59 Å². The highest BCUT2D eigenvalue weighted by Crippen LogP contribution is 2.31. The van der Waals surface area contributed by atoms with Gasteiger partial charge in [0.1, 0.15) is 5.56 Å². The fourth-order valence-corrected chi connectivity index (χ4v) is 2.53. The van der Waals surface area contributed by atoms with Gasteiger partial charge in [-0.25, -0.2) is 0 Å². The molecule has 0 saturated carbocycles. The van der Waals surface area contributed by atoms with E-state index in [1.807, 2.05) is 0 Å². The highest BCUT2D eigenvalue weighted by Gasteiger charge is 2.30. The highest BCUT2D eigenvalue weighted by molar-refractivity contribution is 6.08. The first-order valence-corrected chi connectivity index (χ1v) is 7.62.